The minimum atomic E-state index is -0.817. The minimum absolute atomic E-state index is 0.0362. The van der Waals surface area contributed by atoms with Crippen LogP contribution in [0.15, 0.2) is 48.5 Å². The Kier molecular flexibility index (Phi) is 8.71. The second kappa shape index (κ2) is 11.5. The van der Waals surface area contributed by atoms with Crippen LogP contribution in [0, 0.1) is 0 Å². The number of nitrogens with zero attached hydrogens (tertiary/aromatic N) is 1. The molecule has 0 spiro atoms. The number of Topliss-reactive ketones (excluding diaryl/α,β-unsaturated/α-hetero) is 1. The van der Waals surface area contributed by atoms with Crippen LogP contribution >= 0.6 is 11.6 Å². The molecular formula is C25H32ClN5O4. The number of β-amino-alcohol motifs (C(OH)–C–C–N with tert-alkyl or cyclic N) is 1. The highest BCUT2D eigenvalue weighted by molar-refractivity contribution is 6.30. The van der Waals surface area contributed by atoms with E-state index < -0.39 is 24.1 Å². The molecule has 35 heavy (non-hydrogen) atoms. The van der Waals surface area contributed by atoms with Crippen LogP contribution in [0.5, 0.6) is 0 Å². The summed E-state index contributed by atoms with van der Waals surface area (Å²) in [6.07, 6.45) is -0.650. The van der Waals surface area contributed by atoms with Crippen LogP contribution < -0.4 is 21.3 Å². The van der Waals surface area contributed by atoms with Gasteiger partial charge in [0, 0.05) is 40.6 Å². The zero-order valence-corrected chi connectivity index (χ0v) is 20.9. The lowest BCUT2D eigenvalue weighted by atomic mass is 10.1. The van der Waals surface area contributed by atoms with Gasteiger partial charge in [-0.05, 0) is 69.3 Å². The number of hydrogen-bond acceptors (Lipinski definition) is 6. The monoisotopic (exact) mass is 501 g/mol. The molecule has 188 valence electrons. The molecule has 1 fully saturated rings. The molecule has 1 aliphatic heterocycles. The third kappa shape index (κ3) is 8.24. The van der Waals surface area contributed by atoms with Crippen LogP contribution in [-0.4, -0.2) is 65.0 Å². The van der Waals surface area contributed by atoms with Crippen LogP contribution in [0.2, 0.25) is 5.02 Å². The summed E-state index contributed by atoms with van der Waals surface area (Å²) in [5.74, 6) is -0.356. The topological polar surface area (TPSA) is 123 Å². The Bertz CT molecular complexity index is 1040. The van der Waals surface area contributed by atoms with Crippen LogP contribution in [0.25, 0.3) is 0 Å². The minimum Gasteiger partial charge on any atom is -0.391 e. The van der Waals surface area contributed by atoms with E-state index in [0.29, 0.717) is 16.4 Å². The molecule has 5 N–H and O–H groups in total. The first kappa shape index (κ1) is 26.5. The van der Waals surface area contributed by atoms with E-state index >= 15 is 0 Å². The molecule has 0 radical (unpaired) electrons. The number of rotatable bonds is 8. The van der Waals surface area contributed by atoms with E-state index in [9.17, 15) is 19.5 Å². The average molecular weight is 502 g/mol. The van der Waals surface area contributed by atoms with Gasteiger partial charge in [-0.15, -0.1) is 0 Å². The molecule has 1 heterocycles. The second-order valence-corrected chi connectivity index (χ2v) is 9.99. The van der Waals surface area contributed by atoms with Gasteiger partial charge in [-0.25, -0.2) is 4.79 Å². The number of ketones is 1. The van der Waals surface area contributed by atoms with Crippen molar-refractivity contribution in [2.45, 2.75) is 44.9 Å². The molecule has 3 amide bonds. The molecule has 0 unspecified atom stereocenters. The van der Waals surface area contributed by atoms with Crippen molar-refractivity contribution in [2.75, 3.05) is 35.6 Å². The molecule has 0 bridgehead atoms. The molecule has 0 aromatic heterocycles. The van der Waals surface area contributed by atoms with Gasteiger partial charge in [-0.1, -0.05) is 11.6 Å². The number of carbonyl (C=O) groups is 3. The summed E-state index contributed by atoms with van der Waals surface area (Å²) in [6, 6.07) is 12.3. The number of anilines is 3. The van der Waals surface area contributed by atoms with Gasteiger partial charge in [0.2, 0.25) is 5.91 Å². The van der Waals surface area contributed by atoms with Crippen molar-refractivity contribution in [2.24, 2.45) is 0 Å². The van der Waals surface area contributed by atoms with Gasteiger partial charge in [0.25, 0.3) is 0 Å². The molecule has 9 nitrogen and oxygen atoms in total. The molecular weight excluding hydrogens is 470 g/mol. The van der Waals surface area contributed by atoms with Crippen molar-refractivity contribution >= 4 is 46.4 Å². The number of halogens is 1. The summed E-state index contributed by atoms with van der Waals surface area (Å²) < 4.78 is 0. The Labute approximate surface area is 210 Å². The van der Waals surface area contributed by atoms with Crippen LogP contribution in [0.4, 0.5) is 21.9 Å². The normalized spacial score (nSPS) is 17.7. The molecule has 0 saturated carbocycles. The average Bonchev–Trinajstić information content (AvgIpc) is 3.20. The van der Waals surface area contributed by atoms with Gasteiger partial charge in [0.15, 0.2) is 5.78 Å². The number of hydrogen-bond donors (Lipinski definition) is 5. The van der Waals surface area contributed by atoms with E-state index in [1.54, 1.807) is 48.5 Å². The lowest BCUT2D eigenvalue weighted by Gasteiger charge is -2.24. The summed E-state index contributed by atoms with van der Waals surface area (Å²) in [5.41, 5.74) is 1.69. The van der Waals surface area contributed by atoms with Crippen LogP contribution in [0.1, 0.15) is 27.2 Å². The van der Waals surface area contributed by atoms with Crippen molar-refractivity contribution in [1.29, 1.82) is 0 Å². The maximum atomic E-state index is 12.9. The van der Waals surface area contributed by atoms with E-state index in [4.69, 9.17) is 11.6 Å². The van der Waals surface area contributed by atoms with Gasteiger partial charge < -0.3 is 31.3 Å². The molecule has 2 aromatic rings. The van der Waals surface area contributed by atoms with Crippen LogP contribution in [-0.2, 0) is 9.59 Å². The molecule has 3 rings (SSSR count). The Hall–Kier alpha value is -3.14. The molecule has 2 aromatic carbocycles. The van der Waals surface area contributed by atoms with Gasteiger partial charge in [0.05, 0.1) is 19.2 Å². The van der Waals surface area contributed by atoms with Gasteiger partial charge in [-0.3, -0.25) is 9.59 Å². The van der Waals surface area contributed by atoms with E-state index in [1.165, 1.54) is 4.90 Å². The van der Waals surface area contributed by atoms with E-state index in [1.807, 2.05) is 20.8 Å². The highest BCUT2D eigenvalue weighted by Crippen LogP contribution is 2.22. The zero-order chi connectivity index (χ0) is 25.6. The molecule has 0 aliphatic carbocycles. The molecule has 1 aliphatic rings. The van der Waals surface area contributed by atoms with E-state index in [0.717, 1.165) is 5.69 Å². The first-order valence-electron chi connectivity index (χ1n) is 11.4. The van der Waals surface area contributed by atoms with E-state index in [-0.39, 0.29) is 37.4 Å². The first-order chi connectivity index (χ1) is 16.5. The standard InChI is InChI=1S/C25H32ClN5O4/c1-25(2,3)28-14-21(33)13-27-17-8-10-18(11-9-17)29-23(34)22-12-20(32)15-31(22)24(35)30-19-6-4-16(26)5-7-19/h4-11,20,22,27-28,32H,12-15H2,1-3H3,(H,29,34)(H,30,35)/t20-,22-/m1/s1. The number of nitrogens with one attached hydrogen (secondary N) is 4. The fourth-order valence-electron chi connectivity index (χ4n) is 3.54. The summed E-state index contributed by atoms with van der Waals surface area (Å²) in [6.45, 7) is 6.51. The Morgan fingerprint density at radius 2 is 1.51 bits per heavy atom. The number of likely N-dealkylation sites (tertiary alicyclic amines) is 1. The SMILES string of the molecule is CC(C)(C)NCC(=O)CNc1ccc(NC(=O)[C@H]2C[C@@H](O)CN2C(=O)Nc2ccc(Cl)cc2)cc1. The highest BCUT2D eigenvalue weighted by atomic mass is 35.5. The predicted molar refractivity (Wildman–Crippen MR) is 138 cm³/mol. The quantitative estimate of drug-likeness (QED) is 0.378. The Balaban J connectivity index is 1.53. The maximum absolute atomic E-state index is 12.9. The second-order valence-electron chi connectivity index (χ2n) is 9.56. The number of benzene rings is 2. The summed E-state index contributed by atoms with van der Waals surface area (Å²) in [4.78, 5) is 39.0. The fourth-order valence-corrected chi connectivity index (χ4v) is 3.67. The van der Waals surface area contributed by atoms with E-state index in [2.05, 4.69) is 21.3 Å². The Morgan fingerprint density at radius 3 is 2.14 bits per heavy atom. The summed E-state index contributed by atoms with van der Waals surface area (Å²) in [5, 5.41) is 22.4. The number of amides is 3. The van der Waals surface area contributed by atoms with Gasteiger partial charge in [-0.2, -0.15) is 0 Å². The fraction of sp³-hybridized carbons (Fsp3) is 0.400. The maximum Gasteiger partial charge on any atom is 0.322 e. The lowest BCUT2D eigenvalue weighted by Crippen LogP contribution is -2.45. The van der Waals surface area contributed by atoms with Gasteiger partial charge >= 0.3 is 6.03 Å². The number of urea groups is 1. The third-order valence-electron chi connectivity index (χ3n) is 5.40. The predicted octanol–water partition coefficient (Wildman–Crippen LogP) is 3.31. The lowest BCUT2D eigenvalue weighted by molar-refractivity contribution is -0.119. The number of aliphatic hydroxyl groups is 1. The summed E-state index contributed by atoms with van der Waals surface area (Å²) in [7, 11) is 0. The molecule has 2 atom stereocenters. The van der Waals surface area contributed by atoms with Crippen molar-refractivity contribution in [3.8, 4) is 0 Å². The Morgan fingerprint density at radius 1 is 0.943 bits per heavy atom. The summed E-state index contributed by atoms with van der Waals surface area (Å²) >= 11 is 5.87. The molecule has 1 saturated heterocycles. The van der Waals surface area contributed by atoms with Crippen LogP contribution in [0.3, 0.4) is 0 Å². The third-order valence-corrected chi connectivity index (χ3v) is 5.65. The zero-order valence-electron chi connectivity index (χ0n) is 20.1. The number of aliphatic hydroxyl groups excluding tert-OH is 1. The van der Waals surface area contributed by atoms with Crippen molar-refractivity contribution < 1.29 is 19.5 Å². The number of carbonyl (C=O) groups excluding carboxylic acids is 3. The van der Waals surface area contributed by atoms with Crippen molar-refractivity contribution in [3.63, 3.8) is 0 Å². The van der Waals surface area contributed by atoms with Crippen molar-refractivity contribution in [1.82, 2.24) is 10.2 Å². The largest absolute Gasteiger partial charge is 0.391 e. The van der Waals surface area contributed by atoms with Gasteiger partial charge in [0.1, 0.15) is 6.04 Å². The highest BCUT2D eigenvalue weighted by Gasteiger charge is 2.39. The first-order valence-corrected chi connectivity index (χ1v) is 11.8. The molecule has 10 heteroatoms. The van der Waals surface area contributed by atoms with Crippen molar-refractivity contribution in [3.05, 3.63) is 53.6 Å². The smallest absolute Gasteiger partial charge is 0.322 e.